The lowest BCUT2D eigenvalue weighted by Gasteiger charge is -2.11. The van der Waals surface area contributed by atoms with Crippen LogP contribution >= 0.6 is 0 Å². The van der Waals surface area contributed by atoms with Crippen molar-refractivity contribution in [3.05, 3.63) is 71.3 Å². The molecule has 0 saturated carbocycles. The number of nitrogens with one attached hydrogen (secondary N) is 2. The Labute approximate surface area is 160 Å². The quantitative estimate of drug-likeness (QED) is 0.405. The fourth-order valence-corrected chi connectivity index (χ4v) is 2.40. The third-order valence-corrected chi connectivity index (χ3v) is 3.89. The number of carbonyl (C=O) groups excluding carboxylic acids is 2. The molecule has 0 aliphatic carbocycles. The maximum Gasteiger partial charge on any atom is 0.330 e. The Bertz CT molecular complexity index is 785. The Morgan fingerprint density at radius 3 is 2.63 bits per heavy atom. The van der Waals surface area contributed by atoms with Crippen molar-refractivity contribution < 1.29 is 14.3 Å². The highest BCUT2D eigenvalue weighted by Crippen LogP contribution is 2.19. The number of unbranched alkanes of at least 4 members (excludes halogenated alkanes) is 1. The van der Waals surface area contributed by atoms with Crippen LogP contribution in [0.15, 0.2) is 54.6 Å². The molecule has 0 aromatic heterocycles. The monoisotopic (exact) mass is 366 g/mol. The molecule has 2 amide bonds. The molecule has 0 unspecified atom stereocenters. The summed E-state index contributed by atoms with van der Waals surface area (Å²) < 4.78 is 5.12. The molecule has 5 heteroatoms. The molecule has 2 rings (SSSR count). The third-order valence-electron chi connectivity index (χ3n) is 3.89. The fraction of sp³-hybridized carbons (Fsp3) is 0.273. The molecule has 0 fully saturated rings. The van der Waals surface area contributed by atoms with Crippen LogP contribution in [0, 0.1) is 6.92 Å². The first kappa shape index (κ1) is 20.2. The number of hydrogen-bond acceptors (Lipinski definition) is 3. The van der Waals surface area contributed by atoms with E-state index in [-0.39, 0.29) is 12.0 Å². The van der Waals surface area contributed by atoms with Gasteiger partial charge in [-0.1, -0.05) is 55.3 Å². The van der Waals surface area contributed by atoms with Crippen LogP contribution in [0.25, 0.3) is 6.08 Å². The van der Waals surface area contributed by atoms with Crippen molar-refractivity contribution >= 4 is 23.8 Å². The number of carbonyl (C=O) groups is 2. The minimum absolute atomic E-state index is 0.303. The standard InChI is InChI=1S/C22H26N2O3/c1-3-4-14-27-21(25)13-11-19-15-17(2)10-12-20(19)24-22(26)23-16-18-8-6-5-7-9-18/h5-13,15H,3-4,14,16H2,1-2H3,(H2,23,24,26)/b13-11+. The van der Waals surface area contributed by atoms with Gasteiger partial charge in [0.15, 0.2) is 0 Å². The summed E-state index contributed by atoms with van der Waals surface area (Å²) in [7, 11) is 0. The SMILES string of the molecule is CCCCOC(=O)/C=C/c1cc(C)ccc1NC(=O)NCc1ccccc1. The zero-order valence-electron chi connectivity index (χ0n) is 15.8. The van der Waals surface area contributed by atoms with Crippen LogP contribution < -0.4 is 10.6 Å². The summed E-state index contributed by atoms with van der Waals surface area (Å²) in [5.41, 5.74) is 3.43. The molecule has 0 bridgehead atoms. The van der Waals surface area contributed by atoms with Gasteiger partial charge in [-0.05, 0) is 42.7 Å². The van der Waals surface area contributed by atoms with Crippen LogP contribution in [-0.2, 0) is 16.1 Å². The number of benzene rings is 2. The number of amides is 2. The summed E-state index contributed by atoms with van der Waals surface area (Å²) in [5, 5.41) is 5.65. The summed E-state index contributed by atoms with van der Waals surface area (Å²) >= 11 is 0. The van der Waals surface area contributed by atoms with Crippen LogP contribution in [0.2, 0.25) is 0 Å². The summed E-state index contributed by atoms with van der Waals surface area (Å²) in [5.74, 6) is -0.385. The van der Waals surface area contributed by atoms with E-state index in [0.29, 0.717) is 18.8 Å². The second-order valence-corrected chi connectivity index (χ2v) is 6.24. The molecule has 2 aromatic rings. The van der Waals surface area contributed by atoms with E-state index in [1.54, 1.807) is 6.08 Å². The zero-order chi connectivity index (χ0) is 19.5. The molecule has 0 heterocycles. The van der Waals surface area contributed by atoms with Crippen LogP contribution in [0.5, 0.6) is 0 Å². The van der Waals surface area contributed by atoms with E-state index < -0.39 is 0 Å². The molecule has 0 atom stereocenters. The lowest BCUT2D eigenvalue weighted by atomic mass is 10.1. The van der Waals surface area contributed by atoms with Gasteiger partial charge in [0.25, 0.3) is 0 Å². The van der Waals surface area contributed by atoms with Gasteiger partial charge in [0, 0.05) is 18.3 Å². The average molecular weight is 366 g/mol. The molecule has 2 N–H and O–H groups in total. The molecule has 2 aromatic carbocycles. The van der Waals surface area contributed by atoms with E-state index in [9.17, 15) is 9.59 Å². The Balaban J connectivity index is 1.97. The first-order valence-electron chi connectivity index (χ1n) is 9.12. The summed E-state index contributed by atoms with van der Waals surface area (Å²) in [6.07, 6.45) is 4.87. The van der Waals surface area contributed by atoms with Gasteiger partial charge in [0.2, 0.25) is 0 Å². The largest absolute Gasteiger partial charge is 0.463 e. The molecule has 27 heavy (non-hydrogen) atoms. The Kier molecular flexibility index (Phi) is 8.10. The lowest BCUT2D eigenvalue weighted by Crippen LogP contribution is -2.28. The lowest BCUT2D eigenvalue weighted by molar-refractivity contribution is -0.137. The van der Waals surface area contributed by atoms with Crippen molar-refractivity contribution in [2.24, 2.45) is 0 Å². The number of anilines is 1. The van der Waals surface area contributed by atoms with Crippen LogP contribution in [0.4, 0.5) is 10.5 Å². The van der Waals surface area contributed by atoms with E-state index in [4.69, 9.17) is 4.74 Å². The number of rotatable bonds is 8. The Morgan fingerprint density at radius 2 is 1.89 bits per heavy atom. The first-order chi connectivity index (χ1) is 13.1. The summed E-state index contributed by atoms with van der Waals surface area (Å²) in [6, 6.07) is 15.0. The van der Waals surface area contributed by atoms with Crippen molar-refractivity contribution in [1.29, 1.82) is 0 Å². The highest BCUT2D eigenvalue weighted by Gasteiger charge is 2.06. The van der Waals surface area contributed by atoms with Gasteiger partial charge in [-0.2, -0.15) is 0 Å². The molecular weight excluding hydrogens is 340 g/mol. The Hall–Kier alpha value is -3.08. The van der Waals surface area contributed by atoms with Gasteiger partial charge in [0.05, 0.1) is 6.61 Å². The van der Waals surface area contributed by atoms with Gasteiger partial charge in [0.1, 0.15) is 0 Å². The molecule has 142 valence electrons. The topological polar surface area (TPSA) is 67.4 Å². The van der Waals surface area contributed by atoms with Crippen LogP contribution in [0.3, 0.4) is 0 Å². The predicted molar refractivity (Wildman–Crippen MR) is 108 cm³/mol. The van der Waals surface area contributed by atoms with E-state index >= 15 is 0 Å². The molecule has 0 aliphatic heterocycles. The van der Waals surface area contributed by atoms with Crippen molar-refractivity contribution in [2.75, 3.05) is 11.9 Å². The number of hydrogen-bond donors (Lipinski definition) is 2. The smallest absolute Gasteiger partial charge is 0.330 e. The van der Waals surface area contributed by atoms with Gasteiger partial charge in [-0.3, -0.25) is 0 Å². The number of aryl methyl sites for hydroxylation is 1. The van der Waals surface area contributed by atoms with Gasteiger partial charge >= 0.3 is 12.0 Å². The maximum absolute atomic E-state index is 12.2. The van der Waals surface area contributed by atoms with Crippen LogP contribution in [0.1, 0.15) is 36.5 Å². The normalized spacial score (nSPS) is 10.6. The van der Waals surface area contributed by atoms with Crippen molar-refractivity contribution in [2.45, 2.75) is 33.2 Å². The van der Waals surface area contributed by atoms with Crippen LogP contribution in [-0.4, -0.2) is 18.6 Å². The minimum atomic E-state index is -0.385. The van der Waals surface area contributed by atoms with E-state index in [1.165, 1.54) is 6.08 Å². The molecule has 0 spiro atoms. The van der Waals surface area contributed by atoms with Crippen molar-refractivity contribution in [1.82, 2.24) is 5.32 Å². The Morgan fingerprint density at radius 1 is 1.11 bits per heavy atom. The third kappa shape index (κ3) is 7.36. The second-order valence-electron chi connectivity index (χ2n) is 6.24. The van der Waals surface area contributed by atoms with Gasteiger partial charge < -0.3 is 15.4 Å². The summed E-state index contributed by atoms with van der Waals surface area (Å²) in [4.78, 5) is 24.0. The highest BCUT2D eigenvalue weighted by atomic mass is 16.5. The van der Waals surface area contributed by atoms with Crippen molar-refractivity contribution in [3.63, 3.8) is 0 Å². The van der Waals surface area contributed by atoms with E-state index in [1.807, 2.05) is 62.4 Å². The predicted octanol–water partition coefficient (Wildman–Crippen LogP) is 4.67. The van der Waals surface area contributed by atoms with Gasteiger partial charge in [-0.25, -0.2) is 9.59 Å². The second kappa shape index (κ2) is 10.8. The molecular formula is C22H26N2O3. The number of ether oxygens (including phenoxy) is 1. The minimum Gasteiger partial charge on any atom is -0.463 e. The van der Waals surface area contributed by atoms with Crippen molar-refractivity contribution in [3.8, 4) is 0 Å². The first-order valence-corrected chi connectivity index (χ1v) is 9.12. The molecule has 0 radical (unpaired) electrons. The summed E-state index contributed by atoms with van der Waals surface area (Å²) in [6.45, 7) is 4.85. The number of urea groups is 1. The zero-order valence-corrected chi connectivity index (χ0v) is 15.8. The maximum atomic E-state index is 12.2. The van der Waals surface area contributed by atoms with Gasteiger partial charge in [-0.15, -0.1) is 0 Å². The van der Waals surface area contributed by atoms with E-state index in [2.05, 4.69) is 10.6 Å². The molecule has 0 aliphatic rings. The number of esters is 1. The fourth-order valence-electron chi connectivity index (χ4n) is 2.40. The van der Waals surface area contributed by atoms with E-state index in [0.717, 1.165) is 29.5 Å². The highest BCUT2D eigenvalue weighted by molar-refractivity contribution is 5.94. The molecule has 5 nitrogen and oxygen atoms in total. The average Bonchev–Trinajstić information content (AvgIpc) is 2.67. The molecule has 0 saturated heterocycles.